The second-order valence-electron chi connectivity index (χ2n) is 7.56. The maximum atomic E-state index is 9.92. The molecule has 4 N–H and O–H groups in total. The highest BCUT2D eigenvalue weighted by atomic mass is 28.3. The molecule has 126 valence electrons. The van der Waals surface area contributed by atoms with E-state index in [1.54, 1.807) is 0 Å². The molecule has 1 saturated heterocycles. The number of hydrogen-bond acceptors (Lipinski definition) is 5. The first-order chi connectivity index (χ1) is 9.68. The van der Waals surface area contributed by atoms with Crippen molar-refractivity contribution in [3.05, 3.63) is 0 Å². The maximum absolute atomic E-state index is 9.92. The van der Waals surface area contributed by atoms with Crippen molar-refractivity contribution >= 4 is 8.07 Å². The average Bonchev–Trinajstić information content (AvgIpc) is 2.40. The molecule has 0 saturated carbocycles. The summed E-state index contributed by atoms with van der Waals surface area (Å²) in [6.07, 6.45) is 0.130. The summed E-state index contributed by atoms with van der Waals surface area (Å²) in [5.41, 5.74) is 0.783. The molecule has 1 rings (SSSR count). The van der Waals surface area contributed by atoms with Crippen LogP contribution in [-0.2, 0) is 0 Å². The van der Waals surface area contributed by atoms with Gasteiger partial charge in [-0.15, -0.1) is 0 Å². The van der Waals surface area contributed by atoms with Gasteiger partial charge in [-0.25, -0.2) is 0 Å². The topological polar surface area (TPSA) is 84.2 Å². The minimum atomic E-state index is -1.16. The average molecular weight is 320 g/mol. The Hall–Kier alpha value is 0.0169. The van der Waals surface area contributed by atoms with E-state index in [1.165, 1.54) is 6.42 Å². The van der Waals surface area contributed by atoms with E-state index < -0.39 is 32.4 Å². The second kappa shape index (κ2) is 8.03. The monoisotopic (exact) mass is 319 g/mol. The lowest BCUT2D eigenvalue weighted by atomic mass is 9.94. The number of aliphatic hydroxyl groups is 4. The quantitative estimate of drug-likeness (QED) is 0.409. The van der Waals surface area contributed by atoms with Gasteiger partial charge in [-0.3, -0.25) is 4.90 Å². The zero-order valence-corrected chi connectivity index (χ0v) is 14.9. The summed E-state index contributed by atoms with van der Waals surface area (Å²) in [5, 5.41) is 38.7. The summed E-state index contributed by atoms with van der Waals surface area (Å²) < 4.78 is 0. The van der Waals surface area contributed by atoms with E-state index in [0.717, 1.165) is 24.9 Å². The minimum Gasteiger partial charge on any atom is -0.395 e. The predicted octanol–water partition coefficient (Wildman–Crippen LogP) is 0.644. The number of nitrogens with zero attached hydrogens (tertiary/aromatic N) is 1. The van der Waals surface area contributed by atoms with Crippen molar-refractivity contribution in [2.45, 2.75) is 75.7 Å². The van der Waals surface area contributed by atoms with Gasteiger partial charge in [0.15, 0.2) is 0 Å². The van der Waals surface area contributed by atoms with Gasteiger partial charge in [-0.1, -0.05) is 39.4 Å². The normalized spacial score (nSPS) is 33.1. The molecular weight excluding hydrogens is 286 g/mol. The lowest BCUT2D eigenvalue weighted by molar-refractivity contribution is -0.145. The molecule has 0 bridgehead atoms. The highest BCUT2D eigenvalue weighted by Gasteiger charge is 2.40. The smallest absolute Gasteiger partial charge is 0.109 e. The summed E-state index contributed by atoms with van der Waals surface area (Å²) in [7, 11) is -1.07. The predicted molar refractivity (Wildman–Crippen MR) is 87.1 cm³/mol. The van der Waals surface area contributed by atoms with E-state index in [0.29, 0.717) is 6.54 Å². The Morgan fingerprint density at radius 1 is 1.10 bits per heavy atom. The van der Waals surface area contributed by atoms with Crippen LogP contribution in [0.3, 0.4) is 0 Å². The standard InChI is InChI=1S/C15H33NO4Si/c1-11(21(2,3)4)7-5-6-8-16-9-13(18)15(20)14(19)12(16)10-17/h11-15,17-20H,5-10H2,1-4H3/t11?,12-,13+,14-,15-/m1/s1. The number of β-amino-alcohol motifs (C(OH)–C–C–N with tert-alkyl or cyclic N) is 1. The van der Waals surface area contributed by atoms with Crippen molar-refractivity contribution in [1.29, 1.82) is 0 Å². The molecule has 0 spiro atoms. The molecular formula is C15H33NO4Si. The zero-order chi connectivity index (χ0) is 16.2. The van der Waals surface area contributed by atoms with Crippen LogP contribution in [0.5, 0.6) is 0 Å². The molecule has 5 atom stereocenters. The van der Waals surface area contributed by atoms with Gasteiger partial charge in [0, 0.05) is 14.6 Å². The third kappa shape index (κ3) is 5.30. The van der Waals surface area contributed by atoms with Crippen LogP contribution in [0.15, 0.2) is 0 Å². The fourth-order valence-corrected chi connectivity index (χ4v) is 3.90. The molecule has 0 aromatic carbocycles. The van der Waals surface area contributed by atoms with E-state index in [4.69, 9.17) is 0 Å². The first-order valence-corrected chi connectivity index (χ1v) is 11.6. The Labute approximate surface area is 129 Å². The van der Waals surface area contributed by atoms with Crippen molar-refractivity contribution in [3.8, 4) is 0 Å². The fraction of sp³-hybridized carbons (Fsp3) is 1.00. The molecule has 1 heterocycles. The van der Waals surface area contributed by atoms with Crippen molar-refractivity contribution in [1.82, 2.24) is 4.90 Å². The van der Waals surface area contributed by atoms with Crippen LogP contribution in [0.25, 0.3) is 0 Å². The molecule has 0 aromatic heterocycles. The molecule has 5 nitrogen and oxygen atoms in total. The molecule has 1 fully saturated rings. The molecule has 0 amide bonds. The summed E-state index contributed by atoms with van der Waals surface area (Å²) in [6, 6.07) is -0.474. The highest BCUT2D eigenvalue weighted by Crippen LogP contribution is 2.27. The third-order valence-corrected chi connectivity index (χ3v) is 8.27. The van der Waals surface area contributed by atoms with Crippen LogP contribution < -0.4 is 0 Å². The lowest BCUT2D eigenvalue weighted by Gasteiger charge is -2.43. The van der Waals surface area contributed by atoms with Crippen LogP contribution in [0.1, 0.15) is 26.2 Å². The molecule has 0 radical (unpaired) electrons. The SMILES string of the molecule is CC(CCCCN1C[C@H](O)[C@@H](O)[C@H](O)[C@H]1CO)[Si](C)(C)C. The highest BCUT2D eigenvalue weighted by molar-refractivity contribution is 6.77. The zero-order valence-electron chi connectivity index (χ0n) is 13.9. The van der Waals surface area contributed by atoms with Gasteiger partial charge in [0.05, 0.1) is 18.8 Å². The molecule has 0 aliphatic carbocycles. The van der Waals surface area contributed by atoms with Crippen molar-refractivity contribution in [3.63, 3.8) is 0 Å². The van der Waals surface area contributed by atoms with Crippen LogP contribution in [-0.4, -0.2) is 77.5 Å². The fourth-order valence-electron chi connectivity index (χ4n) is 2.83. The Kier molecular flexibility index (Phi) is 7.29. The van der Waals surface area contributed by atoms with Gasteiger partial charge in [0.1, 0.15) is 12.2 Å². The van der Waals surface area contributed by atoms with Gasteiger partial charge in [-0.2, -0.15) is 0 Å². The first-order valence-electron chi connectivity index (χ1n) is 8.07. The number of rotatable bonds is 7. The van der Waals surface area contributed by atoms with E-state index >= 15 is 0 Å². The van der Waals surface area contributed by atoms with E-state index in [9.17, 15) is 20.4 Å². The molecule has 6 heteroatoms. The van der Waals surface area contributed by atoms with E-state index in [-0.39, 0.29) is 6.61 Å². The van der Waals surface area contributed by atoms with Crippen molar-refractivity contribution < 1.29 is 20.4 Å². The van der Waals surface area contributed by atoms with Gasteiger partial charge in [-0.05, 0) is 18.5 Å². The first kappa shape index (κ1) is 19.1. The lowest BCUT2D eigenvalue weighted by Crippen LogP contribution is -2.62. The summed E-state index contributed by atoms with van der Waals surface area (Å²) in [4.78, 5) is 1.90. The van der Waals surface area contributed by atoms with Crippen LogP contribution in [0.2, 0.25) is 25.2 Å². The van der Waals surface area contributed by atoms with Crippen LogP contribution >= 0.6 is 0 Å². The number of aliphatic hydroxyl groups excluding tert-OH is 4. The number of unbranched alkanes of at least 4 members (excludes halogenated alkanes) is 1. The van der Waals surface area contributed by atoms with Gasteiger partial charge >= 0.3 is 0 Å². The van der Waals surface area contributed by atoms with Crippen molar-refractivity contribution in [2.24, 2.45) is 0 Å². The molecule has 0 aromatic rings. The maximum Gasteiger partial charge on any atom is 0.109 e. The van der Waals surface area contributed by atoms with Gasteiger partial charge in [0.25, 0.3) is 0 Å². The van der Waals surface area contributed by atoms with Crippen molar-refractivity contribution in [2.75, 3.05) is 19.7 Å². The number of likely N-dealkylation sites (tertiary alicyclic amines) is 1. The largest absolute Gasteiger partial charge is 0.395 e. The number of piperidine rings is 1. The summed E-state index contributed by atoms with van der Waals surface area (Å²) >= 11 is 0. The van der Waals surface area contributed by atoms with E-state index in [1.807, 2.05) is 4.90 Å². The molecule has 1 unspecified atom stereocenters. The summed E-state index contributed by atoms with van der Waals surface area (Å²) in [5.74, 6) is 0. The van der Waals surface area contributed by atoms with Crippen LogP contribution in [0.4, 0.5) is 0 Å². The van der Waals surface area contributed by atoms with Gasteiger partial charge < -0.3 is 20.4 Å². The third-order valence-electron chi connectivity index (χ3n) is 5.03. The molecule has 1 aliphatic rings. The Bertz CT molecular complexity index is 311. The molecule has 1 aliphatic heterocycles. The minimum absolute atomic E-state index is 0.198. The Morgan fingerprint density at radius 3 is 2.24 bits per heavy atom. The van der Waals surface area contributed by atoms with Gasteiger partial charge in [0.2, 0.25) is 0 Å². The number of hydrogen-bond donors (Lipinski definition) is 4. The van der Waals surface area contributed by atoms with E-state index in [2.05, 4.69) is 26.6 Å². The molecule has 21 heavy (non-hydrogen) atoms. The Morgan fingerprint density at radius 2 is 1.71 bits per heavy atom. The second-order valence-corrected chi connectivity index (χ2v) is 13.3. The summed E-state index contributed by atoms with van der Waals surface area (Å²) in [6.45, 7) is 10.3. The Balaban J connectivity index is 2.40. The van der Waals surface area contributed by atoms with Crippen LogP contribution in [0, 0.1) is 0 Å².